The number of hydrogen-bond donors (Lipinski definition) is 1. The van der Waals surface area contributed by atoms with Gasteiger partial charge >= 0.3 is 0 Å². The third-order valence-electron chi connectivity index (χ3n) is 4.23. The van der Waals surface area contributed by atoms with Gasteiger partial charge in [0.15, 0.2) is 0 Å². The molecule has 1 aliphatic carbocycles. The smallest absolute Gasteiger partial charge is 0.240 e. The average molecular weight is 238 g/mol. The third kappa shape index (κ3) is 3.01. The third-order valence-corrected chi connectivity index (χ3v) is 4.23. The van der Waals surface area contributed by atoms with Crippen molar-refractivity contribution in [2.45, 2.75) is 58.9 Å². The molecule has 1 atom stereocenters. The van der Waals surface area contributed by atoms with Crippen molar-refractivity contribution in [1.82, 2.24) is 10.2 Å². The fraction of sp³-hybridized carbons (Fsp3) is 0.929. The fourth-order valence-corrected chi connectivity index (χ4v) is 3.24. The lowest BCUT2D eigenvalue weighted by Crippen LogP contribution is -2.37. The number of nitrogens with one attached hydrogen (secondary N) is 1. The second-order valence-electron chi connectivity index (χ2n) is 6.60. The maximum atomic E-state index is 12.2. The van der Waals surface area contributed by atoms with E-state index in [-0.39, 0.29) is 6.04 Å². The Hall–Kier alpha value is -0.570. The van der Waals surface area contributed by atoms with E-state index in [0.29, 0.717) is 17.2 Å². The molecule has 1 saturated carbocycles. The van der Waals surface area contributed by atoms with Crippen LogP contribution in [0, 0.1) is 11.3 Å². The lowest BCUT2D eigenvalue weighted by atomic mass is 9.88. The Morgan fingerprint density at radius 3 is 2.65 bits per heavy atom. The van der Waals surface area contributed by atoms with Gasteiger partial charge in [-0.2, -0.15) is 0 Å². The molecule has 1 saturated heterocycles. The van der Waals surface area contributed by atoms with E-state index in [0.717, 1.165) is 19.6 Å². The Balaban J connectivity index is 1.89. The molecular formula is C14H26N2O. The Morgan fingerprint density at radius 2 is 2.06 bits per heavy atom. The average Bonchev–Trinajstić information content (AvgIpc) is 2.79. The van der Waals surface area contributed by atoms with Crippen LogP contribution >= 0.6 is 0 Å². The van der Waals surface area contributed by atoms with Crippen LogP contribution in [0.2, 0.25) is 0 Å². The van der Waals surface area contributed by atoms with Crippen LogP contribution < -0.4 is 5.32 Å². The normalized spacial score (nSPS) is 28.4. The van der Waals surface area contributed by atoms with Crippen molar-refractivity contribution in [3.05, 3.63) is 0 Å². The van der Waals surface area contributed by atoms with E-state index in [1.807, 2.05) is 4.90 Å². The summed E-state index contributed by atoms with van der Waals surface area (Å²) < 4.78 is 0. The van der Waals surface area contributed by atoms with Gasteiger partial charge in [-0.15, -0.1) is 0 Å². The van der Waals surface area contributed by atoms with Gasteiger partial charge < -0.3 is 4.90 Å². The predicted octanol–water partition coefficient (Wildman–Crippen LogP) is 2.37. The molecule has 1 unspecified atom stereocenters. The quantitative estimate of drug-likeness (QED) is 0.815. The highest BCUT2D eigenvalue weighted by molar-refractivity contribution is 5.83. The van der Waals surface area contributed by atoms with Crippen molar-refractivity contribution < 1.29 is 4.79 Å². The van der Waals surface area contributed by atoms with Crippen molar-refractivity contribution >= 4 is 5.91 Å². The molecule has 0 aromatic heterocycles. The maximum absolute atomic E-state index is 12.2. The number of hydrogen-bond acceptors (Lipinski definition) is 2. The van der Waals surface area contributed by atoms with Gasteiger partial charge in [0.2, 0.25) is 5.91 Å². The summed E-state index contributed by atoms with van der Waals surface area (Å²) in [6.45, 7) is 8.40. The zero-order valence-electron chi connectivity index (χ0n) is 11.5. The summed E-state index contributed by atoms with van der Waals surface area (Å²) in [4.78, 5) is 14.3. The molecule has 2 fully saturated rings. The zero-order valence-corrected chi connectivity index (χ0v) is 11.5. The van der Waals surface area contributed by atoms with Crippen molar-refractivity contribution in [3.8, 4) is 0 Å². The van der Waals surface area contributed by atoms with Crippen molar-refractivity contribution in [2.75, 3.05) is 13.2 Å². The van der Waals surface area contributed by atoms with E-state index in [9.17, 15) is 4.79 Å². The Kier molecular flexibility index (Phi) is 3.76. The Labute approximate surface area is 105 Å². The minimum atomic E-state index is 0.0694. The fourth-order valence-electron chi connectivity index (χ4n) is 3.24. The van der Waals surface area contributed by atoms with Crippen LogP contribution in [0.15, 0.2) is 0 Å². The first-order chi connectivity index (χ1) is 8.00. The van der Waals surface area contributed by atoms with E-state index in [1.54, 1.807) is 0 Å². The molecule has 0 bridgehead atoms. The van der Waals surface area contributed by atoms with Crippen LogP contribution in [0.25, 0.3) is 0 Å². The SMILES string of the molecule is CC(C)CC1NCN(CC2(C)CCCC2)C1=O. The molecule has 1 amide bonds. The molecule has 98 valence electrons. The van der Waals surface area contributed by atoms with Gasteiger partial charge in [-0.05, 0) is 30.6 Å². The molecule has 17 heavy (non-hydrogen) atoms. The van der Waals surface area contributed by atoms with Crippen LogP contribution in [-0.2, 0) is 4.79 Å². The standard InChI is InChI=1S/C14H26N2O/c1-11(2)8-12-13(17)16(10-15-12)9-14(3)6-4-5-7-14/h11-12,15H,4-10H2,1-3H3. The monoisotopic (exact) mass is 238 g/mol. The number of amides is 1. The summed E-state index contributed by atoms with van der Waals surface area (Å²) in [5, 5.41) is 3.36. The molecule has 0 aromatic carbocycles. The molecule has 3 nitrogen and oxygen atoms in total. The summed E-state index contributed by atoms with van der Waals surface area (Å²) in [5.41, 5.74) is 0.379. The van der Waals surface area contributed by atoms with Crippen LogP contribution in [0.3, 0.4) is 0 Å². The first kappa shape index (κ1) is 12.9. The number of carbonyl (C=O) groups is 1. The highest BCUT2D eigenvalue weighted by Crippen LogP contribution is 2.38. The largest absolute Gasteiger partial charge is 0.328 e. The minimum absolute atomic E-state index is 0.0694. The minimum Gasteiger partial charge on any atom is -0.328 e. The molecule has 2 aliphatic rings. The molecular weight excluding hydrogens is 212 g/mol. The Bertz CT molecular complexity index is 282. The summed E-state index contributed by atoms with van der Waals surface area (Å²) in [5.74, 6) is 0.908. The molecule has 0 radical (unpaired) electrons. The van der Waals surface area contributed by atoms with Crippen molar-refractivity contribution in [1.29, 1.82) is 0 Å². The van der Waals surface area contributed by atoms with E-state index in [1.165, 1.54) is 25.7 Å². The van der Waals surface area contributed by atoms with Crippen molar-refractivity contribution in [2.24, 2.45) is 11.3 Å². The predicted molar refractivity (Wildman–Crippen MR) is 69.5 cm³/mol. The highest BCUT2D eigenvalue weighted by atomic mass is 16.2. The van der Waals surface area contributed by atoms with Gasteiger partial charge in [0.25, 0.3) is 0 Å². The molecule has 1 aliphatic heterocycles. The van der Waals surface area contributed by atoms with E-state index < -0.39 is 0 Å². The number of rotatable bonds is 4. The van der Waals surface area contributed by atoms with Gasteiger partial charge in [-0.1, -0.05) is 33.6 Å². The maximum Gasteiger partial charge on any atom is 0.240 e. The Morgan fingerprint density at radius 1 is 1.41 bits per heavy atom. The second-order valence-corrected chi connectivity index (χ2v) is 6.60. The molecule has 1 N–H and O–H groups in total. The van der Waals surface area contributed by atoms with E-state index in [4.69, 9.17) is 0 Å². The van der Waals surface area contributed by atoms with Gasteiger partial charge in [0.05, 0.1) is 12.7 Å². The van der Waals surface area contributed by atoms with Crippen molar-refractivity contribution in [3.63, 3.8) is 0 Å². The number of carbonyl (C=O) groups excluding carboxylic acids is 1. The van der Waals surface area contributed by atoms with Gasteiger partial charge in [-0.3, -0.25) is 10.1 Å². The first-order valence-corrected chi connectivity index (χ1v) is 7.02. The summed E-state index contributed by atoms with van der Waals surface area (Å²) in [7, 11) is 0. The highest BCUT2D eigenvalue weighted by Gasteiger charge is 2.37. The molecule has 2 rings (SSSR count). The van der Waals surface area contributed by atoms with E-state index in [2.05, 4.69) is 26.1 Å². The van der Waals surface area contributed by atoms with Gasteiger partial charge in [-0.25, -0.2) is 0 Å². The zero-order chi connectivity index (χ0) is 12.5. The molecule has 0 spiro atoms. The summed E-state index contributed by atoms with van der Waals surface area (Å²) >= 11 is 0. The van der Waals surface area contributed by atoms with Crippen LogP contribution in [0.1, 0.15) is 52.9 Å². The molecule has 0 aromatic rings. The van der Waals surface area contributed by atoms with E-state index >= 15 is 0 Å². The second kappa shape index (κ2) is 4.97. The lowest BCUT2D eigenvalue weighted by Gasteiger charge is -2.29. The summed E-state index contributed by atoms with van der Waals surface area (Å²) in [6, 6.07) is 0.0694. The lowest BCUT2D eigenvalue weighted by molar-refractivity contribution is -0.130. The molecule has 3 heteroatoms. The van der Waals surface area contributed by atoms with Gasteiger partial charge in [0.1, 0.15) is 0 Å². The van der Waals surface area contributed by atoms with Crippen LogP contribution in [-0.4, -0.2) is 30.1 Å². The van der Waals surface area contributed by atoms with Crippen LogP contribution in [0.5, 0.6) is 0 Å². The van der Waals surface area contributed by atoms with Gasteiger partial charge in [0, 0.05) is 6.54 Å². The molecule has 1 heterocycles. The topological polar surface area (TPSA) is 32.3 Å². The van der Waals surface area contributed by atoms with Crippen LogP contribution in [0.4, 0.5) is 0 Å². The number of nitrogens with zero attached hydrogens (tertiary/aromatic N) is 1. The first-order valence-electron chi connectivity index (χ1n) is 7.02. The summed E-state index contributed by atoms with van der Waals surface area (Å²) in [6.07, 6.45) is 6.20.